The van der Waals surface area contributed by atoms with E-state index in [9.17, 15) is 0 Å². The second kappa shape index (κ2) is 27.7. The predicted molar refractivity (Wildman–Crippen MR) is 175 cm³/mol. The second-order valence-corrected chi connectivity index (χ2v) is 13.4. The summed E-state index contributed by atoms with van der Waals surface area (Å²) in [5, 5.41) is 0. The van der Waals surface area contributed by atoms with Crippen LogP contribution in [0, 0.1) is 0 Å². The maximum Gasteiger partial charge on any atom is 0.0860 e. The number of hydrogen-bond donors (Lipinski definition) is 0. The number of unbranched alkanes of at least 4 members (excludes halogenated alkanes) is 18. The first kappa shape index (κ1) is 39.8. The van der Waals surface area contributed by atoms with E-state index in [1.54, 1.807) is 0 Å². The molecule has 0 saturated heterocycles. The largest absolute Gasteiger partial charge is 0.378 e. The summed E-state index contributed by atoms with van der Waals surface area (Å²) in [7, 11) is 0. The molecule has 1 atom stereocenters. The van der Waals surface area contributed by atoms with Gasteiger partial charge in [-0.15, -0.1) is 0 Å². The van der Waals surface area contributed by atoms with E-state index in [1.807, 2.05) is 0 Å². The number of hydrogen-bond acceptors (Lipinski definition) is 4. The summed E-state index contributed by atoms with van der Waals surface area (Å²) in [4.78, 5) is 0. The van der Waals surface area contributed by atoms with Gasteiger partial charge in [0.15, 0.2) is 0 Å². The van der Waals surface area contributed by atoms with Gasteiger partial charge in [0.1, 0.15) is 0 Å². The van der Waals surface area contributed by atoms with Crippen LogP contribution >= 0.6 is 0 Å². The third kappa shape index (κ3) is 28.0. The molecule has 1 unspecified atom stereocenters. The highest BCUT2D eigenvalue weighted by molar-refractivity contribution is 4.72. The Balaban J connectivity index is 3.80. The smallest absolute Gasteiger partial charge is 0.0860 e. The number of rotatable bonds is 32. The van der Waals surface area contributed by atoms with Crippen molar-refractivity contribution in [1.82, 2.24) is 0 Å². The highest BCUT2D eigenvalue weighted by Crippen LogP contribution is 2.17. The van der Waals surface area contributed by atoms with E-state index in [0.717, 1.165) is 32.5 Å². The molecule has 242 valence electrons. The molecule has 0 aliphatic carbocycles. The topological polar surface area (TPSA) is 36.9 Å². The molecule has 0 fully saturated rings. The SMILES string of the molecule is CCCCCCCCCCCCOCC(C)(C)OCC(CC)OCC(C)(C)OCCCCCCCCCCCC. The van der Waals surface area contributed by atoms with Crippen LogP contribution in [0.2, 0.25) is 0 Å². The normalized spacial score (nSPS) is 13.3. The fourth-order valence-electron chi connectivity index (χ4n) is 4.95. The van der Waals surface area contributed by atoms with Crippen LogP contribution in [0.5, 0.6) is 0 Å². The summed E-state index contributed by atoms with van der Waals surface area (Å²) in [6.07, 6.45) is 28.0. The summed E-state index contributed by atoms with van der Waals surface area (Å²) in [5.74, 6) is 0. The van der Waals surface area contributed by atoms with Gasteiger partial charge in [0.05, 0.1) is 37.1 Å². The van der Waals surface area contributed by atoms with Crippen molar-refractivity contribution in [3.05, 3.63) is 0 Å². The molecule has 0 aliphatic rings. The molecule has 0 saturated carbocycles. The molecular formula is C36H74O4. The summed E-state index contributed by atoms with van der Waals surface area (Å²) in [5.41, 5.74) is -0.558. The van der Waals surface area contributed by atoms with Gasteiger partial charge in [0, 0.05) is 13.2 Å². The van der Waals surface area contributed by atoms with Crippen molar-refractivity contribution in [2.24, 2.45) is 0 Å². The molecule has 0 amide bonds. The molecule has 0 heterocycles. The molecule has 4 heteroatoms. The van der Waals surface area contributed by atoms with Crippen LogP contribution in [0.25, 0.3) is 0 Å². The Morgan fingerprint density at radius 1 is 0.450 bits per heavy atom. The first-order valence-corrected chi connectivity index (χ1v) is 17.7. The van der Waals surface area contributed by atoms with Crippen molar-refractivity contribution >= 4 is 0 Å². The van der Waals surface area contributed by atoms with E-state index in [-0.39, 0.29) is 17.3 Å². The number of ether oxygens (including phenoxy) is 4. The van der Waals surface area contributed by atoms with Crippen molar-refractivity contribution in [3.63, 3.8) is 0 Å². The Bertz CT molecular complexity index is 505. The van der Waals surface area contributed by atoms with E-state index in [0.29, 0.717) is 19.8 Å². The van der Waals surface area contributed by atoms with Gasteiger partial charge in [-0.25, -0.2) is 0 Å². The lowest BCUT2D eigenvalue weighted by molar-refractivity contribution is -0.137. The molecule has 0 spiro atoms. The molecule has 0 N–H and O–H groups in total. The first-order chi connectivity index (χ1) is 19.3. The minimum absolute atomic E-state index is 0.0847. The molecule has 4 nitrogen and oxygen atoms in total. The summed E-state index contributed by atoms with van der Waals surface area (Å²) < 4.78 is 24.6. The molecule has 0 aromatic rings. The Hall–Kier alpha value is -0.160. The average Bonchev–Trinajstić information content (AvgIpc) is 2.92. The van der Waals surface area contributed by atoms with Gasteiger partial charge in [0.25, 0.3) is 0 Å². The van der Waals surface area contributed by atoms with Crippen LogP contribution in [0.15, 0.2) is 0 Å². The molecule has 0 aromatic heterocycles. The zero-order valence-electron chi connectivity index (χ0n) is 28.6. The molecule has 0 bridgehead atoms. The van der Waals surface area contributed by atoms with Gasteiger partial charge < -0.3 is 18.9 Å². The lowest BCUT2D eigenvalue weighted by atomic mass is 10.1. The summed E-state index contributed by atoms with van der Waals surface area (Å²) in [6.45, 7) is 18.7. The minimum atomic E-state index is -0.295. The fraction of sp³-hybridized carbons (Fsp3) is 1.00. The van der Waals surface area contributed by atoms with E-state index in [4.69, 9.17) is 18.9 Å². The van der Waals surface area contributed by atoms with Crippen molar-refractivity contribution in [2.45, 2.75) is 201 Å². The molecule has 0 aliphatic heterocycles. The summed E-state index contributed by atoms with van der Waals surface area (Å²) >= 11 is 0. The third-order valence-corrected chi connectivity index (χ3v) is 7.86. The van der Waals surface area contributed by atoms with Crippen molar-refractivity contribution in [3.8, 4) is 0 Å². The van der Waals surface area contributed by atoms with E-state index in [1.165, 1.54) is 116 Å². The van der Waals surface area contributed by atoms with Crippen molar-refractivity contribution in [2.75, 3.05) is 33.0 Å². The van der Waals surface area contributed by atoms with Crippen LogP contribution < -0.4 is 0 Å². The monoisotopic (exact) mass is 571 g/mol. The first-order valence-electron chi connectivity index (χ1n) is 17.7. The van der Waals surface area contributed by atoms with Crippen LogP contribution in [-0.2, 0) is 18.9 Å². The van der Waals surface area contributed by atoms with Gasteiger partial charge in [-0.05, 0) is 47.0 Å². The predicted octanol–water partition coefficient (Wildman–Crippen LogP) is 11.2. The maximum absolute atomic E-state index is 6.23. The van der Waals surface area contributed by atoms with E-state index >= 15 is 0 Å². The highest BCUT2D eigenvalue weighted by Gasteiger charge is 2.24. The quantitative estimate of drug-likeness (QED) is 0.0754. The van der Waals surface area contributed by atoms with Crippen LogP contribution in [0.3, 0.4) is 0 Å². The van der Waals surface area contributed by atoms with Crippen LogP contribution in [-0.4, -0.2) is 50.3 Å². The Morgan fingerprint density at radius 2 is 0.850 bits per heavy atom. The zero-order chi connectivity index (χ0) is 29.8. The Morgan fingerprint density at radius 3 is 1.30 bits per heavy atom. The molecule has 40 heavy (non-hydrogen) atoms. The lowest BCUT2D eigenvalue weighted by Gasteiger charge is -2.30. The molecule has 0 radical (unpaired) electrons. The average molecular weight is 571 g/mol. The van der Waals surface area contributed by atoms with Gasteiger partial charge in [-0.3, -0.25) is 0 Å². The van der Waals surface area contributed by atoms with Gasteiger partial charge in [0.2, 0.25) is 0 Å². The van der Waals surface area contributed by atoms with Crippen molar-refractivity contribution < 1.29 is 18.9 Å². The van der Waals surface area contributed by atoms with Crippen LogP contribution in [0.1, 0.15) is 183 Å². The summed E-state index contributed by atoms with van der Waals surface area (Å²) in [6, 6.07) is 0. The van der Waals surface area contributed by atoms with Crippen LogP contribution in [0.4, 0.5) is 0 Å². The Labute approximate surface area is 252 Å². The molecule has 0 aromatic carbocycles. The molecule has 0 rings (SSSR count). The third-order valence-electron chi connectivity index (χ3n) is 7.86. The Kier molecular flexibility index (Phi) is 27.5. The lowest BCUT2D eigenvalue weighted by Crippen LogP contribution is -2.37. The van der Waals surface area contributed by atoms with Crippen molar-refractivity contribution in [1.29, 1.82) is 0 Å². The van der Waals surface area contributed by atoms with E-state index < -0.39 is 0 Å². The van der Waals surface area contributed by atoms with Gasteiger partial charge >= 0.3 is 0 Å². The zero-order valence-corrected chi connectivity index (χ0v) is 28.6. The van der Waals surface area contributed by atoms with Gasteiger partial charge in [-0.1, -0.05) is 136 Å². The maximum atomic E-state index is 6.23. The fourth-order valence-corrected chi connectivity index (χ4v) is 4.95. The van der Waals surface area contributed by atoms with E-state index in [2.05, 4.69) is 48.5 Å². The molecular weight excluding hydrogens is 496 g/mol. The second-order valence-electron chi connectivity index (χ2n) is 13.4. The van der Waals surface area contributed by atoms with Gasteiger partial charge in [-0.2, -0.15) is 0 Å². The standard InChI is InChI=1S/C36H74O4/c1-8-11-13-15-17-19-21-23-25-27-29-37-32-35(4,5)40-31-34(10-3)38-33-36(6,7)39-30-28-26-24-22-20-18-16-14-12-9-2/h34H,8-33H2,1-7H3. The highest BCUT2D eigenvalue weighted by atomic mass is 16.6. The minimum Gasteiger partial charge on any atom is -0.378 e.